The molecule has 128 valence electrons. The fraction of sp³-hybridized carbons (Fsp3) is 0.0455. The second-order valence-electron chi connectivity index (χ2n) is 5.96. The lowest BCUT2D eigenvalue weighted by molar-refractivity contribution is 0.321. The van der Waals surface area contributed by atoms with E-state index in [1.807, 2.05) is 60.7 Å². The highest BCUT2D eigenvalue weighted by Gasteiger charge is 2.19. The molecule has 0 spiro atoms. The van der Waals surface area contributed by atoms with Crippen molar-refractivity contribution < 1.29 is 9.94 Å². The Hall–Kier alpha value is -3.04. The van der Waals surface area contributed by atoms with Crippen LogP contribution in [0, 0.1) is 0 Å². The zero-order chi connectivity index (χ0) is 18.1. The van der Waals surface area contributed by atoms with Gasteiger partial charge in [0.2, 0.25) is 0 Å². The molecule has 1 N–H and O–H groups in total. The van der Waals surface area contributed by atoms with Gasteiger partial charge in [0.1, 0.15) is 5.75 Å². The standard InChI is InChI=1S/C22H16ClNO2/c1-26-19-13-11-15-7-3-5-9-17(15)21(19)20-16-8-4-2-6-14(16)10-12-18(20)22(23)24-25/h2-13,25H,1H3/b24-22-. The maximum Gasteiger partial charge on any atom is 0.175 e. The van der Waals surface area contributed by atoms with E-state index >= 15 is 0 Å². The highest BCUT2D eigenvalue weighted by Crippen LogP contribution is 2.42. The summed E-state index contributed by atoms with van der Waals surface area (Å²) in [5.41, 5.74) is 2.47. The van der Waals surface area contributed by atoms with Crippen molar-refractivity contribution in [3.8, 4) is 16.9 Å². The monoisotopic (exact) mass is 361 g/mol. The Bertz CT molecular complexity index is 1150. The molecule has 4 heteroatoms. The molecule has 4 aromatic rings. The highest BCUT2D eigenvalue weighted by atomic mass is 35.5. The summed E-state index contributed by atoms with van der Waals surface area (Å²) in [5.74, 6) is 0.740. The molecule has 0 aromatic heterocycles. The van der Waals surface area contributed by atoms with Crippen molar-refractivity contribution in [1.29, 1.82) is 0 Å². The molecule has 0 bridgehead atoms. The van der Waals surface area contributed by atoms with Crippen LogP contribution in [-0.2, 0) is 0 Å². The van der Waals surface area contributed by atoms with E-state index in [2.05, 4.69) is 17.3 Å². The Kier molecular flexibility index (Phi) is 4.23. The minimum Gasteiger partial charge on any atom is -0.496 e. The highest BCUT2D eigenvalue weighted by molar-refractivity contribution is 6.70. The molecule has 0 aliphatic carbocycles. The first-order chi connectivity index (χ1) is 12.7. The number of methoxy groups -OCH3 is 1. The molecule has 4 aromatic carbocycles. The number of benzene rings is 4. The largest absolute Gasteiger partial charge is 0.496 e. The van der Waals surface area contributed by atoms with Crippen LogP contribution in [0.1, 0.15) is 5.56 Å². The molecule has 0 amide bonds. The number of oxime groups is 1. The minimum absolute atomic E-state index is 0.0424. The lowest BCUT2D eigenvalue weighted by Crippen LogP contribution is -1.99. The van der Waals surface area contributed by atoms with Crippen LogP contribution in [-0.4, -0.2) is 17.5 Å². The molecule has 0 saturated heterocycles. The van der Waals surface area contributed by atoms with Crippen molar-refractivity contribution in [2.45, 2.75) is 0 Å². The molecule has 0 unspecified atom stereocenters. The van der Waals surface area contributed by atoms with Gasteiger partial charge in [0.25, 0.3) is 0 Å². The normalized spacial score (nSPS) is 11.8. The van der Waals surface area contributed by atoms with E-state index in [-0.39, 0.29) is 5.17 Å². The Balaban J connectivity index is 2.23. The number of nitrogens with zero attached hydrogens (tertiary/aromatic N) is 1. The van der Waals surface area contributed by atoms with Crippen molar-refractivity contribution in [2.24, 2.45) is 5.16 Å². The molecule has 0 heterocycles. The summed E-state index contributed by atoms with van der Waals surface area (Å²) in [7, 11) is 1.65. The summed E-state index contributed by atoms with van der Waals surface area (Å²) in [6, 6.07) is 24.0. The van der Waals surface area contributed by atoms with Crippen molar-refractivity contribution in [3.05, 3.63) is 78.4 Å². The van der Waals surface area contributed by atoms with Gasteiger partial charge in [-0.2, -0.15) is 0 Å². The maximum atomic E-state index is 9.30. The van der Waals surface area contributed by atoms with Crippen molar-refractivity contribution in [2.75, 3.05) is 7.11 Å². The molecule has 0 saturated carbocycles. The molecule has 0 atom stereocenters. The third kappa shape index (κ3) is 2.57. The fourth-order valence-corrected chi connectivity index (χ4v) is 3.60. The molecular weight excluding hydrogens is 346 g/mol. The molecule has 26 heavy (non-hydrogen) atoms. The quantitative estimate of drug-likeness (QED) is 0.274. The first kappa shape index (κ1) is 16.4. The third-order valence-corrected chi connectivity index (χ3v) is 4.88. The Labute approximate surface area is 156 Å². The zero-order valence-electron chi connectivity index (χ0n) is 14.1. The summed E-state index contributed by atoms with van der Waals surface area (Å²) in [4.78, 5) is 0. The van der Waals surface area contributed by atoms with Crippen LogP contribution in [0.25, 0.3) is 32.7 Å². The van der Waals surface area contributed by atoms with Gasteiger partial charge in [-0.25, -0.2) is 0 Å². The van der Waals surface area contributed by atoms with E-state index in [0.717, 1.165) is 38.4 Å². The molecule has 0 aliphatic rings. The Morgan fingerprint density at radius 1 is 0.808 bits per heavy atom. The van der Waals surface area contributed by atoms with Crippen LogP contribution in [0.15, 0.2) is 78.0 Å². The van der Waals surface area contributed by atoms with Crippen LogP contribution in [0.5, 0.6) is 5.75 Å². The molecule has 0 radical (unpaired) electrons. The first-order valence-electron chi connectivity index (χ1n) is 8.20. The van der Waals surface area contributed by atoms with Gasteiger partial charge in [-0.1, -0.05) is 83.5 Å². The van der Waals surface area contributed by atoms with Gasteiger partial charge < -0.3 is 9.94 Å². The molecule has 0 aliphatic heterocycles. The maximum absolute atomic E-state index is 9.30. The summed E-state index contributed by atoms with van der Waals surface area (Å²) in [6.07, 6.45) is 0. The number of ether oxygens (including phenoxy) is 1. The molecule has 4 rings (SSSR count). The Morgan fingerprint density at radius 3 is 2.00 bits per heavy atom. The minimum atomic E-state index is 0.0424. The predicted octanol–water partition coefficient (Wildman–Crippen LogP) is 6.04. The van der Waals surface area contributed by atoms with Crippen molar-refractivity contribution in [1.82, 2.24) is 0 Å². The molecule has 0 fully saturated rings. The topological polar surface area (TPSA) is 41.8 Å². The number of rotatable bonds is 3. The molecule has 3 nitrogen and oxygen atoms in total. The van der Waals surface area contributed by atoms with E-state index < -0.39 is 0 Å². The first-order valence-corrected chi connectivity index (χ1v) is 8.58. The van der Waals surface area contributed by atoms with Gasteiger partial charge in [-0.05, 0) is 27.6 Å². The number of fused-ring (bicyclic) bond motifs is 2. The number of halogens is 1. The van der Waals surface area contributed by atoms with E-state index in [4.69, 9.17) is 16.3 Å². The summed E-state index contributed by atoms with van der Waals surface area (Å²) in [6.45, 7) is 0. The van der Waals surface area contributed by atoms with Gasteiger partial charge in [0.05, 0.1) is 7.11 Å². The van der Waals surface area contributed by atoms with Crippen molar-refractivity contribution >= 4 is 38.3 Å². The lowest BCUT2D eigenvalue weighted by Gasteiger charge is -2.17. The third-order valence-electron chi connectivity index (χ3n) is 4.60. The summed E-state index contributed by atoms with van der Waals surface area (Å²) >= 11 is 6.25. The fourth-order valence-electron chi connectivity index (χ4n) is 3.45. The smallest absolute Gasteiger partial charge is 0.175 e. The van der Waals surface area contributed by atoms with E-state index in [9.17, 15) is 5.21 Å². The van der Waals surface area contributed by atoms with Gasteiger partial charge in [-0.15, -0.1) is 0 Å². The SMILES string of the molecule is COc1ccc2ccccc2c1-c1c(/C(Cl)=N/O)ccc2ccccc12. The second-order valence-corrected chi connectivity index (χ2v) is 6.32. The molecular formula is C22H16ClNO2. The lowest BCUT2D eigenvalue weighted by atomic mass is 9.89. The summed E-state index contributed by atoms with van der Waals surface area (Å²) in [5, 5.41) is 16.8. The van der Waals surface area contributed by atoms with Gasteiger partial charge in [0, 0.05) is 16.7 Å². The van der Waals surface area contributed by atoms with E-state index in [0.29, 0.717) is 5.56 Å². The van der Waals surface area contributed by atoms with Crippen LogP contribution in [0.4, 0.5) is 0 Å². The van der Waals surface area contributed by atoms with Crippen LogP contribution < -0.4 is 4.74 Å². The van der Waals surface area contributed by atoms with Crippen LogP contribution >= 0.6 is 11.6 Å². The second kappa shape index (κ2) is 6.70. The number of hydrogen-bond acceptors (Lipinski definition) is 3. The Morgan fingerprint density at radius 2 is 1.38 bits per heavy atom. The van der Waals surface area contributed by atoms with E-state index in [1.165, 1.54) is 0 Å². The zero-order valence-corrected chi connectivity index (χ0v) is 14.9. The van der Waals surface area contributed by atoms with E-state index in [1.54, 1.807) is 7.11 Å². The average molecular weight is 362 g/mol. The summed E-state index contributed by atoms with van der Waals surface area (Å²) < 4.78 is 5.68. The predicted molar refractivity (Wildman–Crippen MR) is 108 cm³/mol. The van der Waals surface area contributed by atoms with Crippen molar-refractivity contribution in [3.63, 3.8) is 0 Å². The van der Waals surface area contributed by atoms with Gasteiger partial charge >= 0.3 is 0 Å². The van der Waals surface area contributed by atoms with Gasteiger partial charge in [-0.3, -0.25) is 0 Å². The van der Waals surface area contributed by atoms with Crippen LogP contribution in [0.2, 0.25) is 0 Å². The van der Waals surface area contributed by atoms with Crippen LogP contribution in [0.3, 0.4) is 0 Å². The van der Waals surface area contributed by atoms with Gasteiger partial charge in [0.15, 0.2) is 5.17 Å². The average Bonchev–Trinajstić information content (AvgIpc) is 2.71. The number of hydrogen-bond donors (Lipinski definition) is 1.